The van der Waals surface area contributed by atoms with Crippen molar-refractivity contribution in [3.05, 3.63) is 40.8 Å². The highest BCUT2D eigenvalue weighted by molar-refractivity contribution is 7.10. The van der Waals surface area contributed by atoms with Gasteiger partial charge in [-0.05, 0) is 37.0 Å². The smallest absolute Gasteiger partial charge is 0.256 e. The van der Waals surface area contributed by atoms with E-state index >= 15 is 0 Å². The highest BCUT2D eigenvalue weighted by atomic mass is 32.1. The zero-order chi connectivity index (χ0) is 13.8. The summed E-state index contributed by atoms with van der Waals surface area (Å²) >= 11 is 1.29. The van der Waals surface area contributed by atoms with E-state index in [1.165, 1.54) is 11.5 Å². The molecule has 1 amide bonds. The molecule has 0 radical (unpaired) electrons. The fraction of sp³-hybridized carbons (Fsp3) is 0.308. The van der Waals surface area contributed by atoms with Crippen LogP contribution in [0.3, 0.4) is 0 Å². The van der Waals surface area contributed by atoms with Crippen molar-refractivity contribution < 1.29 is 4.79 Å². The minimum absolute atomic E-state index is 0.115. The van der Waals surface area contributed by atoms with E-state index in [9.17, 15) is 4.79 Å². The molecule has 0 unspecified atom stereocenters. The van der Waals surface area contributed by atoms with E-state index in [1.54, 1.807) is 13.2 Å². The Morgan fingerprint density at radius 2 is 2.16 bits per heavy atom. The molecule has 0 aliphatic heterocycles. The molecule has 2 rings (SSSR count). The van der Waals surface area contributed by atoms with E-state index in [4.69, 9.17) is 0 Å². The van der Waals surface area contributed by atoms with Crippen LogP contribution in [-0.2, 0) is 6.54 Å². The number of carbonyl (C=O) groups excluding carboxylic acids is 1. The molecule has 0 aliphatic carbocycles. The maximum Gasteiger partial charge on any atom is 0.256 e. The summed E-state index contributed by atoms with van der Waals surface area (Å²) in [6, 6.07) is 3.89. The van der Waals surface area contributed by atoms with Crippen LogP contribution in [0.15, 0.2) is 18.3 Å². The lowest BCUT2D eigenvalue weighted by Gasteiger charge is -2.06. The van der Waals surface area contributed by atoms with Gasteiger partial charge in [-0.1, -0.05) is 6.07 Å². The largest absolute Gasteiger partial charge is 0.378 e. The van der Waals surface area contributed by atoms with E-state index < -0.39 is 0 Å². The van der Waals surface area contributed by atoms with E-state index in [2.05, 4.69) is 20.0 Å². The minimum atomic E-state index is -0.115. The molecule has 0 spiro atoms. The van der Waals surface area contributed by atoms with Gasteiger partial charge >= 0.3 is 0 Å². The number of rotatable bonds is 4. The average molecular weight is 276 g/mol. The molecule has 0 bridgehead atoms. The number of nitrogens with one attached hydrogen (secondary N) is 2. The maximum atomic E-state index is 12.1. The topological polar surface area (TPSA) is 66.9 Å². The van der Waals surface area contributed by atoms with Crippen LogP contribution in [0, 0.1) is 13.8 Å². The van der Waals surface area contributed by atoms with Gasteiger partial charge in [-0.2, -0.15) is 4.37 Å². The predicted molar refractivity (Wildman–Crippen MR) is 76.5 cm³/mol. The SMILES string of the molecule is CNc1snc(C)c1C(=O)NCc1ccc(C)nc1. The van der Waals surface area contributed by atoms with Gasteiger partial charge in [-0.3, -0.25) is 9.78 Å². The Hall–Kier alpha value is -1.95. The summed E-state index contributed by atoms with van der Waals surface area (Å²) in [4.78, 5) is 16.3. The van der Waals surface area contributed by atoms with Crippen LogP contribution in [-0.4, -0.2) is 22.3 Å². The van der Waals surface area contributed by atoms with Crippen LogP contribution in [0.2, 0.25) is 0 Å². The molecular weight excluding hydrogens is 260 g/mol. The van der Waals surface area contributed by atoms with Crippen LogP contribution >= 0.6 is 11.5 Å². The van der Waals surface area contributed by atoms with Gasteiger partial charge in [-0.25, -0.2) is 0 Å². The highest BCUT2D eigenvalue weighted by Crippen LogP contribution is 2.23. The number of carbonyl (C=O) groups is 1. The summed E-state index contributed by atoms with van der Waals surface area (Å²) in [5.41, 5.74) is 3.30. The summed E-state index contributed by atoms with van der Waals surface area (Å²) in [6.45, 7) is 4.23. The van der Waals surface area contributed by atoms with Crippen molar-refractivity contribution in [1.82, 2.24) is 14.7 Å². The fourth-order valence-corrected chi connectivity index (χ4v) is 2.42. The molecule has 2 aromatic rings. The first-order chi connectivity index (χ1) is 9.11. The Labute approximate surface area is 116 Å². The lowest BCUT2D eigenvalue weighted by molar-refractivity contribution is 0.0951. The average Bonchev–Trinajstić information content (AvgIpc) is 2.79. The van der Waals surface area contributed by atoms with Crippen LogP contribution in [0.5, 0.6) is 0 Å². The third kappa shape index (κ3) is 3.08. The van der Waals surface area contributed by atoms with Crippen molar-refractivity contribution in [3.8, 4) is 0 Å². The number of pyridine rings is 1. The second-order valence-electron chi connectivity index (χ2n) is 4.21. The van der Waals surface area contributed by atoms with Crippen molar-refractivity contribution in [1.29, 1.82) is 0 Å². The number of amides is 1. The molecule has 0 aliphatic rings. The van der Waals surface area contributed by atoms with Crippen LogP contribution in [0.4, 0.5) is 5.00 Å². The first-order valence-electron chi connectivity index (χ1n) is 5.95. The van der Waals surface area contributed by atoms with Gasteiger partial charge in [0.2, 0.25) is 0 Å². The number of nitrogens with zero attached hydrogens (tertiary/aromatic N) is 2. The molecule has 0 saturated heterocycles. The molecule has 2 N–H and O–H groups in total. The van der Waals surface area contributed by atoms with Crippen molar-refractivity contribution in [2.24, 2.45) is 0 Å². The molecule has 100 valence electrons. The van der Waals surface area contributed by atoms with Crippen molar-refractivity contribution in [3.63, 3.8) is 0 Å². The number of anilines is 1. The summed E-state index contributed by atoms with van der Waals surface area (Å²) < 4.78 is 4.18. The van der Waals surface area contributed by atoms with Crippen molar-refractivity contribution in [2.75, 3.05) is 12.4 Å². The Morgan fingerprint density at radius 1 is 1.37 bits per heavy atom. The molecular formula is C13H16N4OS. The minimum Gasteiger partial charge on any atom is -0.378 e. The number of aryl methyl sites for hydroxylation is 2. The standard InChI is InChI=1S/C13H16N4OS/c1-8-4-5-10(6-15-8)7-16-12(18)11-9(2)17-19-13(11)14-3/h4-6,14H,7H2,1-3H3,(H,16,18). The Bertz CT molecular complexity index is 577. The van der Waals surface area contributed by atoms with Crippen LogP contribution in [0.25, 0.3) is 0 Å². The quantitative estimate of drug-likeness (QED) is 0.897. The first-order valence-corrected chi connectivity index (χ1v) is 6.73. The van der Waals surface area contributed by atoms with Gasteiger partial charge in [-0.15, -0.1) is 0 Å². The summed E-state index contributed by atoms with van der Waals surface area (Å²) in [6.07, 6.45) is 1.77. The zero-order valence-corrected chi connectivity index (χ0v) is 12.0. The second-order valence-corrected chi connectivity index (χ2v) is 4.99. The summed E-state index contributed by atoms with van der Waals surface area (Å²) in [5, 5.41) is 6.66. The molecule has 0 aromatic carbocycles. The van der Waals surface area contributed by atoms with Gasteiger partial charge in [0.1, 0.15) is 5.00 Å². The third-order valence-electron chi connectivity index (χ3n) is 2.74. The Balaban J connectivity index is 2.05. The fourth-order valence-electron chi connectivity index (χ4n) is 1.68. The molecule has 0 saturated carbocycles. The molecule has 5 nitrogen and oxygen atoms in total. The summed E-state index contributed by atoms with van der Waals surface area (Å²) in [5.74, 6) is -0.115. The molecule has 0 fully saturated rings. The molecule has 6 heteroatoms. The molecule has 2 aromatic heterocycles. The lowest BCUT2D eigenvalue weighted by atomic mass is 10.2. The second kappa shape index (κ2) is 5.79. The van der Waals surface area contributed by atoms with Crippen molar-refractivity contribution in [2.45, 2.75) is 20.4 Å². The van der Waals surface area contributed by atoms with Crippen LogP contribution < -0.4 is 10.6 Å². The van der Waals surface area contributed by atoms with Gasteiger partial charge in [0.05, 0.1) is 11.3 Å². The number of hydrogen-bond acceptors (Lipinski definition) is 5. The van der Waals surface area contributed by atoms with Gasteiger partial charge in [0.25, 0.3) is 5.91 Å². The molecule has 19 heavy (non-hydrogen) atoms. The summed E-state index contributed by atoms with van der Waals surface area (Å²) in [7, 11) is 1.79. The van der Waals surface area contributed by atoms with E-state index in [0.29, 0.717) is 12.1 Å². The highest BCUT2D eigenvalue weighted by Gasteiger charge is 2.17. The van der Waals surface area contributed by atoms with E-state index in [0.717, 1.165) is 22.0 Å². The van der Waals surface area contributed by atoms with Gasteiger partial charge in [0, 0.05) is 25.5 Å². The molecule has 0 atom stereocenters. The van der Waals surface area contributed by atoms with Gasteiger partial charge < -0.3 is 10.6 Å². The molecule has 2 heterocycles. The van der Waals surface area contributed by atoms with E-state index in [1.807, 2.05) is 26.0 Å². The zero-order valence-electron chi connectivity index (χ0n) is 11.2. The van der Waals surface area contributed by atoms with Crippen molar-refractivity contribution >= 4 is 22.4 Å². The van der Waals surface area contributed by atoms with Crippen LogP contribution in [0.1, 0.15) is 27.3 Å². The van der Waals surface area contributed by atoms with E-state index in [-0.39, 0.29) is 5.91 Å². The monoisotopic (exact) mass is 276 g/mol. The Morgan fingerprint density at radius 3 is 2.79 bits per heavy atom. The predicted octanol–water partition coefficient (Wildman–Crippen LogP) is 2.13. The first kappa shape index (κ1) is 13.5. The lowest BCUT2D eigenvalue weighted by Crippen LogP contribution is -2.24. The number of aromatic nitrogens is 2. The number of hydrogen-bond donors (Lipinski definition) is 2. The Kier molecular flexibility index (Phi) is 4.11. The van der Waals surface area contributed by atoms with Gasteiger partial charge in [0.15, 0.2) is 0 Å². The third-order valence-corrected chi connectivity index (χ3v) is 3.70. The normalized spacial score (nSPS) is 10.3. The maximum absolute atomic E-state index is 12.1.